The van der Waals surface area contributed by atoms with Crippen LogP contribution in [-0.2, 0) is 26.6 Å². The number of urea groups is 1. The van der Waals surface area contributed by atoms with Crippen LogP contribution in [0.15, 0.2) is 52.3 Å². The number of amides is 3. The third-order valence-corrected chi connectivity index (χ3v) is 9.02. The number of halogens is 6. The van der Waals surface area contributed by atoms with Crippen LogP contribution >= 0.6 is 11.8 Å². The topological polar surface area (TPSA) is 74.4 Å². The molecule has 2 aromatic carbocycles. The molecule has 3 heterocycles. The van der Waals surface area contributed by atoms with E-state index in [4.69, 9.17) is 9.47 Å². The van der Waals surface area contributed by atoms with Crippen LogP contribution in [0.2, 0.25) is 0 Å². The molecule has 2 aromatic rings. The van der Waals surface area contributed by atoms with Crippen LogP contribution in [0.3, 0.4) is 0 Å². The molecule has 250 valence electrons. The Balaban J connectivity index is 1.31. The minimum absolute atomic E-state index is 0.00259. The zero-order valence-corrected chi connectivity index (χ0v) is 25.6. The molecule has 0 unspecified atom stereocenters. The third-order valence-electron chi connectivity index (χ3n) is 7.97. The van der Waals surface area contributed by atoms with E-state index >= 15 is 0 Å². The fourth-order valence-corrected chi connectivity index (χ4v) is 6.68. The van der Waals surface area contributed by atoms with Crippen molar-refractivity contribution in [3.05, 3.63) is 59.2 Å². The summed E-state index contributed by atoms with van der Waals surface area (Å²) in [6.07, 6.45) is -7.71. The van der Waals surface area contributed by atoms with Crippen LogP contribution < -0.4 is 5.32 Å². The Bertz CT molecular complexity index is 1420. The van der Waals surface area contributed by atoms with Crippen LogP contribution in [0.25, 0.3) is 6.08 Å². The lowest BCUT2D eigenvalue weighted by molar-refractivity contribution is -0.163. The minimum Gasteiger partial charge on any atom is -0.382 e. The Morgan fingerprint density at radius 1 is 0.783 bits per heavy atom. The van der Waals surface area contributed by atoms with Crippen molar-refractivity contribution in [1.29, 1.82) is 0 Å². The lowest BCUT2D eigenvalue weighted by atomic mass is 9.99. The van der Waals surface area contributed by atoms with Gasteiger partial charge in [0.05, 0.1) is 37.6 Å². The largest absolute Gasteiger partial charge is 0.418 e. The van der Waals surface area contributed by atoms with E-state index < -0.39 is 39.8 Å². The summed E-state index contributed by atoms with van der Waals surface area (Å²) in [6, 6.07) is 8.42. The summed E-state index contributed by atoms with van der Waals surface area (Å²) in [7, 11) is 0. The van der Waals surface area contributed by atoms with Gasteiger partial charge in [-0.15, -0.1) is 0 Å². The number of hydrogen-bond donors (Lipinski definition) is 1. The number of carbonyl (C=O) groups is 2. The molecule has 0 spiro atoms. The zero-order valence-electron chi connectivity index (χ0n) is 24.8. The number of carbonyl (C=O) groups excluding carboxylic acids is 2. The second kappa shape index (κ2) is 14.6. The molecule has 3 fully saturated rings. The summed E-state index contributed by atoms with van der Waals surface area (Å²) in [6.45, 7) is 4.21. The minimum atomic E-state index is -5.34. The Hall–Kier alpha value is -3.43. The molecular weight excluding hydrogens is 638 g/mol. The number of likely N-dealkylation sites (tertiary alicyclic amines) is 1. The SMILES string of the molecule is O=C(/C=C/c1ccc(Sc2cccc(NC3CCN(C(=O)N4CCOCC4)CC3)c2)c(C(F)(F)F)c1C(F)(F)F)N1CCOCC1. The first-order valence-corrected chi connectivity index (χ1v) is 15.7. The molecule has 15 heteroatoms. The summed E-state index contributed by atoms with van der Waals surface area (Å²) in [5.74, 6) is -0.609. The van der Waals surface area contributed by atoms with Gasteiger partial charge >= 0.3 is 18.4 Å². The van der Waals surface area contributed by atoms with Gasteiger partial charge in [-0.25, -0.2) is 4.79 Å². The Morgan fingerprint density at radius 3 is 1.98 bits per heavy atom. The predicted octanol–water partition coefficient (Wildman–Crippen LogP) is 6.08. The normalized spacial score (nSPS) is 18.7. The molecule has 1 N–H and O–H groups in total. The number of piperidine rings is 1. The second-order valence-corrected chi connectivity index (χ2v) is 12.2. The number of alkyl halides is 6. The number of hydrogen-bond acceptors (Lipinski definition) is 6. The first-order valence-electron chi connectivity index (χ1n) is 14.9. The lowest BCUT2D eigenvalue weighted by Gasteiger charge is -2.37. The van der Waals surface area contributed by atoms with Crippen LogP contribution in [0.1, 0.15) is 29.5 Å². The molecule has 0 aromatic heterocycles. The predicted molar refractivity (Wildman–Crippen MR) is 159 cm³/mol. The summed E-state index contributed by atoms with van der Waals surface area (Å²) < 4.78 is 96.2. The fraction of sp³-hybridized carbons (Fsp3) is 0.484. The van der Waals surface area contributed by atoms with E-state index in [0.29, 0.717) is 74.6 Å². The van der Waals surface area contributed by atoms with Crippen molar-refractivity contribution in [2.24, 2.45) is 0 Å². The Morgan fingerprint density at radius 2 is 1.37 bits per heavy atom. The second-order valence-electron chi connectivity index (χ2n) is 11.1. The highest BCUT2D eigenvalue weighted by Gasteiger charge is 2.46. The summed E-state index contributed by atoms with van der Waals surface area (Å²) in [5.41, 5.74) is -3.79. The van der Waals surface area contributed by atoms with Gasteiger partial charge in [-0.3, -0.25) is 4.79 Å². The summed E-state index contributed by atoms with van der Waals surface area (Å²) in [4.78, 5) is 29.9. The number of nitrogens with zero attached hydrogens (tertiary/aromatic N) is 3. The summed E-state index contributed by atoms with van der Waals surface area (Å²) >= 11 is 0.582. The zero-order chi connectivity index (χ0) is 32.9. The molecule has 3 amide bonds. The lowest BCUT2D eigenvalue weighted by Crippen LogP contribution is -2.51. The highest BCUT2D eigenvalue weighted by atomic mass is 32.2. The Kier molecular flexibility index (Phi) is 10.7. The number of nitrogens with one attached hydrogen (secondary N) is 1. The molecule has 3 aliphatic rings. The van der Waals surface area contributed by atoms with Crippen LogP contribution in [0, 0.1) is 0 Å². The van der Waals surface area contributed by atoms with Crippen molar-refractivity contribution in [2.45, 2.75) is 41.0 Å². The van der Waals surface area contributed by atoms with Gasteiger partial charge < -0.3 is 29.5 Å². The maximum absolute atomic E-state index is 14.3. The van der Waals surface area contributed by atoms with Gasteiger partial charge in [-0.05, 0) is 48.7 Å². The molecule has 3 aliphatic heterocycles. The van der Waals surface area contributed by atoms with E-state index in [9.17, 15) is 35.9 Å². The highest BCUT2D eigenvalue weighted by molar-refractivity contribution is 7.99. The maximum atomic E-state index is 14.3. The van der Waals surface area contributed by atoms with Crippen molar-refractivity contribution in [3.8, 4) is 0 Å². The Labute approximate surface area is 266 Å². The monoisotopic (exact) mass is 672 g/mol. The molecule has 46 heavy (non-hydrogen) atoms. The van der Waals surface area contributed by atoms with Gasteiger partial charge in [0, 0.05) is 66.9 Å². The number of rotatable bonds is 6. The molecule has 0 radical (unpaired) electrons. The van der Waals surface area contributed by atoms with Crippen molar-refractivity contribution in [3.63, 3.8) is 0 Å². The van der Waals surface area contributed by atoms with Gasteiger partial charge in [0.25, 0.3) is 0 Å². The van der Waals surface area contributed by atoms with Gasteiger partial charge in [0.2, 0.25) is 5.91 Å². The smallest absolute Gasteiger partial charge is 0.382 e. The number of morpholine rings is 2. The van der Waals surface area contributed by atoms with Crippen LogP contribution in [0.5, 0.6) is 0 Å². The maximum Gasteiger partial charge on any atom is 0.418 e. The number of anilines is 1. The van der Waals surface area contributed by atoms with Gasteiger partial charge in [0.1, 0.15) is 0 Å². The van der Waals surface area contributed by atoms with Crippen molar-refractivity contribution >= 4 is 35.5 Å². The molecule has 8 nitrogen and oxygen atoms in total. The molecule has 0 atom stereocenters. The quantitative estimate of drug-likeness (QED) is 0.297. The molecule has 3 saturated heterocycles. The van der Waals surface area contributed by atoms with Crippen molar-refractivity contribution < 1.29 is 45.4 Å². The fourth-order valence-electron chi connectivity index (χ4n) is 5.64. The van der Waals surface area contributed by atoms with E-state index in [1.54, 1.807) is 28.0 Å². The third kappa shape index (κ3) is 8.48. The van der Waals surface area contributed by atoms with E-state index in [0.717, 1.165) is 24.3 Å². The number of benzene rings is 2. The van der Waals surface area contributed by atoms with Crippen LogP contribution in [-0.4, -0.2) is 98.4 Å². The molecule has 5 rings (SSSR count). The van der Waals surface area contributed by atoms with Crippen molar-refractivity contribution in [1.82, 2.24) is 14.7 Å². The average molecular weight is 673 g/mol. The first-order chi connectivity index (χ1) is 21.9. The molecule has 0 saturated carbocycles. The van der Waals surface area contributed by atoms with E-state index in [-0.39, 0.29) is 38.4 Å². The van der Waals surface area contributed by atoms with Gasteiger partial charge in [-0.1, -0.05) is 23.9 Å². The number of ether oxygens (including phenoxy) is 2. The van der Waals surface area contributed by atoms with E-state index in [2.05, 4.69) is 5.32 Å². The molecular formula is C31H34F6N4O4S. The standard InChI is InChI=1S/C31H34F6N4O4S/c32-30(33,34)27-21(5-7-26(42)39-12-16-44-17-13-39)4-6-25(28(27)31(35,36)37)46-24-3-1-2-23(20-24)38-22-8-10-40(11-9-22)29(43)41-14-18-45-19-15-41/h1-7,20,22,38H,8-19H2/b7-5+. The first kappa shape index (κ1) is 33.9. The van der Waals surface area contributed by atoms with Gasteiger partial charge in [0.15, 0.2) is 0 Å². The highest BCUT2D eigenvalue weighted by Crippen LogP contribution is 2.48. The summed E-state index contributed by atoms with van der Waals surface area (Å²) in [5, 5.41) is 3.35. The molecule has 0 bridgehead atoms. The van der Waals surface area contributed by atoms with E-state index in [1.807, 2.05) is 0 Å². The van der Waals surface area contributed by atoms with Gasteiger partial charge in [-0.2, -0.15) is 26.3 Å². The molecule has 0 aliphatic carbocycles. The van der Waals surface area contributed by atoms with E-state index in [1.165, 1.54) is 11.0 Å². The average Bonchev–Trinajstić information content (AvgIpc) is 3.04. The van der Waals surface area contributed by atoms with Crippen LogP contribution in [0.4, 0.5) is 36.8 Å². The van der Waals surface area contributed by atoms with Crippen molar-refractivity contribution in [2.75, 3.05) is 71.0 Å².